The molecule has 2 rings (SSSR count). The molecule has 1 saturated heterocycles. The van der Waals surface area contributed by atoms with Gasteiger partial charge in [-0.1, -0.05) is 17.7 Å². The van der Waals surface area contributed by atoms with E-state index in [1.54, 1.807) is 11.0 Å². The van der Waals surface area contributed by atoms with Gasteiger partial charge in [0.1, 0.15) is 5.82 Å². The highest BCUT2D eigenvalue weighted by molar-refractivity contribution is 6.34. The van der Waals surface area contributed by atoms with E-state index >= 15 is 0 Å². The first-order valence-corrected chi connectivity index (χ1v) is 5.52. The highest BCUT2D eigenvalue weighted by atomic mass is 35.5. The summed E-state index contributed by atoms with van der Waals surface area (Å²) in [7, 11) is 0. The standard InChI is InChI=1S/C11H12ClFN2O.ClH/c12-10-8(2-1-3-9(10)13)11(16)15-6-4-14-5-7-15;/h1-3,14H,4-7H2;1H. The van der Waals surface area contributed by atoms with E-state index in [9.17, 15) is 9.18 Å². The molecule has 1 aliphatic heterocycles. The minimum Gasteiger partial charge on any atom is -0.336 e. The summed E-state index contributed by atoms with van der Waals surface area (Å²) in [6, 6.07) is 4.29. The molecule has 1 heterocycles. The molecule has 0 aliphatic carbocycles. The Bertz CT molecular complexity index is 408. The first-order chi connectivity index (χ1) is 7.70. The molecule has 0 aromatic heterocycles. The highest BCUT2D eigenvalue weighted by Gasteiger charge is 2.21. The lowest BCUT2D eigenvalue weighted by molar-refractivity contribution is 0.0735. The quantitative estimate of drug-likeness (QED) is 0.852. The lowest BCUT2D eigenvalue weighted by Crippen LogP contribution is -2.46. The largest absolute Gasteiger partial charge is 0.336 e. The van der Waals surface area contributed by atoms with Crippen molar-refractivity contribution in [3.63, 3.8) is 0 Å². The molecule has 3 nitrogen and oxygen atoms in total. The highest BCUT2D eigenvalue weighted by Crippen LogP contribution is 2.21. The van der Waals surface area contributed by atoms with Crippen LogP contribution in [-0.2, 0) is 0 Å². The van der Waals surface area contributed by atoms with Gasteiger partial charge in [0.05, 0.1) is 10.6 Å². The van der Waals surface area contributed by atoms with E-state index in [1.807, 2.05) is 0 Å². The van der Waals surface area contributed by atoms with Gasteiger partial charge in [-0.3, -0.25) is 4.79 Å². The predicted octanol–water partition coefficient (Wildman–Crippen LogP) is 1.95. The van der Waals surface area contributed by atoms with E-state index in [1.165, 1.54) is 12.1 Å². The number of nitrogens with one attached hydrogen (secondary N) is 1. The van der Waals surface area contributed by atoms with Crippen LogP contribution >= 0.6 is 24.0 Å². The Balaban J connectivity index is 0.00000144. The van der Waals surface area contributed by atoms with Crippen LogP contribution < -0.4 is 5.32 Å². The van der Waals surface area contributed by atoms with Crippen molar-refractivity contribution < 1.29 is 9.18 Å². The molecule has 0 unspecified atom stereocenters. The first kappa shape index (κ1) is 14.2. The van der Waals surface area contributed by atoms with Gasteiger partial charge in [-0.25, -0.2) is 4.39 Å². The number of carbonyl (C=O) groups is 1. The van der Waals surface area contributed by atoms with Crippen LogP contribution in [0.15, 0.2) is 18.2 Å². The third-order valence-corrected chi connectivity index (χ3v) is 2.97. The van der Waals surface area contributed by atoms with Crippen LogP contribution in [0.3, 0.4) is 0 Å². The second-order valence-electron chi connectivity index (χ2n) is 3.64. The van der Waals surface area contributed by atoms with Crippen molar-refractivity contribution in [2.24, 2.45) is 0 Å². The van der Waals surface area contributed by atoms with Gasteiger partial charge >= 0.3 is 0 Å². The van der Waals surface area contributed by atoms with Gasteiger partial charge in [0.2, 0.25) is 0 Å². The third-order valence-electron chi connectivity index (χ3n) is 2.59. The summed E-state index contributed by atoms with van der Waals surface area (Å²) in [5, 5.41) is 3.05. The third kappa shape index (κ3) is 3.09. The summed E-state index contributed by atoms with van der Waals surface area (Å²) >= 11 is 5.77. The van der Waals surface area contributed by atoms with E-state index in [0.717, 1.165) is 13.1 Å². The number of amides is 1. The molecular weight excluding hydrogens is 266 g/mol. The van der Waals surface area contributed by atoms with Crippen LogP contribution in [-0.4, -0.2) is 37.0 Å². The van der Waals surface area contributed by atoms with Crippen LogP contribution in [0.2, 0.25) is 5.02 Å². The minimum absolute atomic E-state index is 0. The Morgan fingerprint density at radius 1 is 1.35 bits per heavy atom. The molecule has 0 spiro atoms. The molecule has 1 aliphatic rings. The van der Waals surface area contributed by atoms with Crippen LogP contribution in [0.5, 0.6) is 0 Å². The number of carbonyl (C=O) groups excluding carboxylic acids is 1. The van der Waals surface area contributed by atoms with E-state index in [-0.39, 0.29) is 28.9 Å². The molecular formula is C11H13Cl2FN2O. The number of piperazine rings is 1. The van der Waals surface area contributed by atoms with Gasteiger partial charge < -0.3 is 10.2 Å². The fourth-order valence-electron chi connectivity index (χ4n) is 1.71. The number of rotatable bonds is 1. The summed E-state index contributed by atoms with van der Waals surface area (Å²) < 4.78 is 13.2. The Morgan fingerprint density at radius 3 is 2.65 bits per heavy atom. The second kappa shape index (κ2) is 6.19. The molecule has 1 aromatic carbocycles. The van der Waals surface area contributed by atoms with Crippen LogP contribution in [0.1, 0.15) is 10.4 Å². The number of hydrogen-bond donors (Lipinski definition) is 1. The van der Waals surface area contributed by atoms with Crippen LogP contribution in [0.4, 0.5) is 4.39 Å². The van der Waals surface area contributed by atoms with Crippen molar-refractivity contribution in [3.8, 4) is 0 Å². The monoisotopic (exact) mass is 278 g/mol. The molecule has 6 heteroatoms. The Kier molecular flexibility index (Phi) is 5.18. The lowest BCUT2D eigenvalue weighted by atomic mass is 10.2. The van der Waals surface area contributed by atoms with Crippen LogP contribution in [0.25, 0.3) is 0 Å². The van der Waals surface area contributed by atoms with Gasteiger partial charge in [0.15, 0.2) is 0 Å². The van der Waals surface area contributed by atoms with Crippen molar-refractivity contribution >= 4 is 29.9 Å². The van der Waals surface area contributed by atoms with Crippen molar-refractivity contribution in [1.29, 1.82) is 0 Å². The number of halogens is 3. The average Bonchev–Trinajstić information content (AvgIpc) is 2.33. The zero-order valence-electron chi connectivity index (χ0n) is 9.08. The van der Waals surface area contributed by atoms with Crippen molar-refractivity contribution in [2.45, 2.75) is 0 Å². The van der Waals surface area contributed by atoms with Crippen molar-refractivity contribution in [1.82, 2.24) is 10.2 Å². The maximum Gasteiger partial charge on any atom is 0.255 e. The summed E-state index contributed by atoms with van der Waals surface area (Å²) in [6.45, 7) is 2.79. The molecule has 0 radical (unpaired) electrons. The first-order valence-electron chi connectivity index (χ1n) is 5.14. The zero-order valence-corrected chi connectivity index (χ0v) is 10.7. The number of benzene rings is 1. The lowest BCUT2D eigenvalue weighted by Gasteiger charge is -2.27. The summed E-state index contributed by atoms with van der Waals surface area (Å²) in [5.74, 6) is -0.756. The Morgan fingerprint density at radius 2 is 2.00 bits per heavy atom. The van der Waals surface area contributed by atoms with Gasteiger partial charge in [0.25, 0.3) is 5.91 Å². The average molecular weight is 279 g/mol. The smallest absolute Gasteiger partial charge is 0.255 e. The summed E-state index contributed by atoms with van der Waals surface area (Å²) in [5.41, 5.74) is 0.239. The SMILES string of the molecule is Cl.O=C(c1cccc(F)c1Cl)N1CCNCC1. The number of hydrogen-bond acceptors (Lipinski definition) is 2. The van der Waals surface area contributed by atoms with Crippen LogP contribution in [0, 0.1) is 5.82 Å². The normalized spacial score (nSPS) is 15.3. The molecule has 1 N–H and O–H groups in total. The predicted molar refractivity (Wildman–Crippen MR) is 67.4 cm³/mol. The molecule has 1 amide bonds. The molecule has 17 heavy (non-hydrogen) atoms. The van der Waals surface area contributed by atoms with Gasteiger partial charge in [0, 0.05) is 26.2 Å². The van der Waals surface area contributed by atoms with E-state index in [4.69, 9.17) is 11.6 Å². The molecule has 1 fully saturated rings. The minimum atomic E-state index is -0.553. The maximum atomic E-state index is 13.2. The number of nitrogens with zero attached hydrogens (tertiary/aromatic N) is 1. The summed E-state index contributed by atoms with van der Waals surface area (Å²) in [6.07, 6.45) is 0. The second-order valence-corrected chi connectivity index (χ2v) is 4.02. The molecule has 1 aromatic rings. The fourth-order valence-corrected chi connectivity index (χ4v) is 1.91. The van der Waals surface area contributed by atoms with E-state index in [0.29, 0.717) is 13.1 Å². The molecule has 0 atom stereocenters. The van der Waals surface area contributed by atoms with Crippen molar-refractivity contribution in [2.75, 3.05) is 26.2 Å². The molecule has 0 saturated carbocycles. The van der Waals surface area contributed by atoms with E-state index < -0.39 is 5.82 Å². The van der Waals surface area contributed by atoms with Crippen molar-refractivity contribution in [3.05, 3.63) is 34.6 Å². The topological polar surface area (TPSA) is 32.3 Å². The maximum absolute atomic E-state index is 13.2. The van der Waals surface area contributed by atoms with Gasteiger partial charge in [-0.05, 0) is 12.1 Å². The molecule has 0 bridgehead atoms. The van der Waals surface area contributed by atoms with Gasteiger partial charge in [-0.2, -0.15) is 0 Å². The zero-order chi connectivity index (χ0) is 11.5. The Hall–Kier alpha value is -0.840. The van der Waals surface area contributed by atoms with E-state index in [2.05, 4.69) is 5.32 Å². The van der Waals surface area contributed by atoms with Gasteiger partial charge in [-0.15, -0.1) is 12.4 Å². The molecule has 94 valence electrons. The summed E-state index contributed by atoms with van der Waals surface area (Å²) in [4.78, 5) is 13.7. The fraction of sp³-hybridized carbons (Fsp3) is 0.364. The Labute approximate surface area is 110 Å².